The Kier molecular flexibility index (Phi) is 8.66. The van der Waals surface area contributed by atoms with Crippen LogP contribution >= 0.6 is 12.4 Å². The molecule has 0 aliphatic carbocycles. The maximum absolute atomic E-state index is 12.0. The summed E-state index contributed by atoms with van der Waals surface area (Å²) in [5, 5.41) is 2.66. The number of carbonyl (C=O) groups is 2. The van der Waals surface area contributed by atoms with Crippen LogP contribution in [0, 0.1) is 5.92 Å². The topological polar surface area (TPSA) is 81.4 Å². The van der Waals surface area contributed by atoms with Crippen LogP contribution < -0.4 is 11.1 Å². The van der Waals surface area contributed by atoms with Gasteiger partial charge in [0.25, 0.3) is 0 Å². The van der Waals surface area contributed by atoms with E-state index in [-0.39, 0.29) is 24.2 Å². The lowest BCUT2D eigenvalue weighted by molar-refractivity contribution is -0.145. The zero-order valence-electron chi connectivity index (χ0n) is 12.5. The van der Waals surface area contributed by atoms with E-state index in [1.165, 1.54) is 7.11 Å². The van der Waals surface area contributed by atoms with Gasteiger partial charge in [-0.05, 0) is 11.5 Å². The standard InChI is InChI=1S/C15H22N2O3.ClH/c1-10(2)13(16)14(18)17-12(15(19)20-3)9-11-7-5-4-6-8-11;/h4-8,10,12-13H,9,16H2,1-3H3,(H,17,18);1H/t12?,13-;/m0./s1. The molecule has 0 saturated carbocycles. The van der Waals surface area contributed by atoms with Crippen molar-refractivity contribution >= 4 is 24.3 Å². The van der Waals surface area contributed by atoms with Crippen molar-refractivity contribution in [2.75, 3.05) is 7.11 Å². The summed E-state index contributed by atoms with van der Waals surface area (Å²) in [6.45, 7) is 3.71. The third kappa shape index (κ3) is 6.14. The Bertz CT molecular complexity index is 451. The molecule has 0 heterocycles. The molecule has 1 unspecified atom stereocenters. The second kappa shape index (κ2) is 9.37. The fourth-order valence-corrected chi connectivity index (χ4v) is 1.76. The van der Waals surface area contributed by atoms with E-state index >= 15 is 0 Å². The molecule has 0 aliphatic heterocycles. The van der Waals surface area contributed by atoms with Crippen LogP contribution in [0.25, 0.3) is 0 Å². The fourth-order valence-electron chi connectivity index (χ4n) is 1.76. The Balaban J connectivity index is 0.00000400. The fraction of sp³-hybridized carbons (Fsp3) is 0.467. The van der Waals surface area contributed by atoms with Gasteiger partial charge in [-0.15, -0.1) is 12.4 Å². The molecular formula is C15H23ClN2O3. The smallest absolute Gasteiger partial charge is 0.328 e. The summed E-state index contributed by atoms with van der Waals surface area (Å²) in [6, 6.07) is 8.08. The van der Waals surface area contributed by atoms with Crippen LogP contribution in [0.15, 0.2) is 30.3 Å². The molecule has 3 N–H and O–H groups in total. The van der Waals surface area contributed by atoms with Crippen molar-refractivity contribution in [3.63, 3.8) is 0 Å². The van der Waals surface area contributed by atoms with Crippen molar-refractivity contribution in [3.8, 4) is 0 Å². The van der Waals surface area contributed by atoms with Gasteiger partial charge in [-0.1, -0.05) is 44.2 Å². The summed E-state index contributed by atoms with van der Waals surface area (Å²) in [6.07, 6.45) is 0.379. The number of methoxy groups -OCH3 is 1. The van der Waals surface area contributed by atoms with Crippen LogP contribution in [0.5, 0.6) is 0 Å². The molecule has 6 heteroatoms. The average molecular weight is 315 g/mol. The van der Waals surface area contributed by atoms with Gasteiger partial charge in [-0.25, -0.2) is 4.79 Å². The Labute approximate surface area is 131 Å². The molecule has 1 rings (SSSR count). The van der Waals surface area contributed by atoms with Crippen LogP contribution in [0.4, 0.5) is 0 Å². The quantitative estimate of drug-likeness (QED) is 0.775. The van der Waals surface area contributed by atoms with Gasteiger partial charge in [0.15, 0.2) is 0 Å². The maximum Gasteiger partial charge on any atom is 0.328 e. The molecule has 0 radical (unpaired) electrons. The molecular weight excluding hydrogens is 292 g/mol. The van der Waals surface area contributed by atoms with E-state index in [4.69, 9.17) is 10.5 Å². The molecule has 0 fully saturated rings. The molecule has 5 nitrogen and oxygen atoms in total. The number of hydrogen-bond acceptors (Lipinski definition) is 4. The van der Waals surface area contributed by atoms with Crippen LogP contribution in [-0.2, 0) is 20.7 Å². The number of hydrogen-bond donors (Lipinski definition) is 2. The van der Waals surface area contributed by atoms with Crippen LogP contribution in [-0.4, -0.2) is 31.1 Å². The van der Waals surface area contributed by atoms with Crippen molar-refractivity contribution in [2.24, 2.45) is 11.7 Å². The molecule has 0 saturated heterocycles. The normalized spacial score (nSPS) is 13.0. The first kappa shape index (κ1) is 19.4. The highest BCUT2D eigenvalue weighted by atomic mass is 35.5. The van der Waals surface area contributed by atoms with Crippen molar-refractivity contribution in [2.45, 2.75) is 32.4 Å². The number of carbonyl (C=O) groups excluding carboxylic acids is 2. The number of amides is 1. The summed E-state index contributed by atoms with van der Waals surface area (Å²) in [4.78, 5) is 23.7. The van der Waals surface area contributed by atoms with E-state index in [2.05, 4.69) is 5.32 Å². The van der Waals surface area contributed by atoms with Gasteiger partial charge >= 0.3 is 5.97 Å². The maximum atomic E-state index is 12.0. The van der Waals surface area contributed by atoms with Gasteiger partial charge in [0.2, 0.25) is 5.91 Å². The minimum Gasteiger partial charge on any atom is -0.467 e. The number of esters is 1. The minimum absolute atomic E-state index is 0. The summed E-state index contributed by atoms with van der Waals surface area (Å²) in [7, 11) is 1.30. The Morgan fingerprint density at radius 1 is 1.24 bits per heavy atom. The molecule has 0 aliphatic rings. The van der Waals surface area contributed by atoms with E-state index in [1.807, 2.05) is 44.2 Å². The largest absolute Gasteiger partial charge is 0.467 e. The Morgan fingerprint density at radius 3 is 2.29 bits per heavy atom. The van der Waals surface area contributed by atoms with Crippen molar-refractivity contribution in [3.05, 3.63) is 35.9 Å². The van der Waals surface area contributed by atoms with Crippen molar-refractivity contribution in [1.82, 2.24) is 5.32 Å². The predicted octanol–water partition coefficient (Wildman–Crippen LogP) is 1.29. The van der Waals surface area contributed by atoms with Gasteiger partial charge < -0.3 is 15.8 Å². The zero-order valence-corrected chi connectivity index (χ0v) is 13.4. The number of benzene rings is 1. The lowest BCUT2D eigenvalue weighted by Gasteiger charge is -2.21. The van der Waals surface area contributed by atoms with Crippen LogP contribution in [0.1, 0.15) is 19.4 Å². The summed E-state index contributed by atoms with van der Waals surface area (Å²) >= 11 is 0. The molecule has 1 aromatic rings. The van der Waals surface area contributed by atoms with Gasteiger partial charge in [-0.3, -0.25) is 4.79 Å². The highest BCUT2D eigenvalue weighted by Crippen LogP contribution is 2.06. The number of nitrogens with one attached hydrogen (secondary N) is 1. The van der Waals surface area contributed by atoms with Gasteiger partial charge in [-0.2, -0.15) is 0 Å². The number of nitrogens with two attached hydrogens (primary N) is 1. The first-order valence-electron chi connectivity index (χ1n) is 6.63. The van der Waals surface area contributed by atoms with E-state index < -0.39 is 18.1 Å². The minimum atomic E-state index is -0.723. The highest BCUT2D eigenvalue weighted by Gasteiger charge is 2.25. The second-order valence-electron chi connectivity index (χ2n) is 5.04. The monoisotopic (exact) mass is 314 g/mol. The number of rotatable bonds is 6. The number of ether oxygens (including phenoxy) is 1. The van der Waals surface area contributed by atoms with E-state index in [0.29, 0.717) is 6.42 Å². The second-order valence-corrected chi connectivity index (χ2v) is 5.04. The van der Waals surface area contributed by atoms with E-state index in [1.54, 1.807) is 0 Å². The predicted molar refractivity (Wildman–Crippen MR) is 84.2 cm³/mol. The summed E-state index contributed by atoms with van der Waals surface area (Å²) in [5.41, 5.74) is 6.72. The number of halogens is 1. The van der Waals surface area contributed by atoms with Gasteiger partial charge in [0.05, 0.1) is 13.2 Å². The highest BCUT2D eigenvalue weighted by molar-refractivity contribution is 5.87. The van der Waals surface area contributed by atoms with Crippen LogP contribution in [0.3, 0.4) is 0 Å². The van der Waals surface area contributed by atoms with E-state index in [0.717, 1.165) is 5.56 Å². The molecule has 2 atom stereocenters. The molecule has 0 bridgehead atoms. The molecule has 0 spiro atoms. The van der Waals surface area contributed by atoms with Crippen molar-refractivity contribution < 1.29 is 14.3 Å². The van der Waals surface area contributed by atoms with Crippen molar-refractivity contribution in [1.29, 1.82) is 0 Å². The lowest BCUT2D eigenvalue weighted by atomic mass is 10.0. The SMILES string of the molecule is COC(=O)C(Cc1ccccc1)NC(=O)[C@@H](N)C(C)C.Cl. The molecule has 1 aromatic carbocycles. The Morgan fingerprint density at radius 2 is 1.81 bits per heavy atom. The van der Waals surface area contributed by atoms with E-state index in [9.17, 15) is 9.59 Å². The molecule has 1 amide bonds. The van der Waals surface area contributed by atoms with Gasteiger partial charge in [0, 0.05) is 6.42 Å². The average Bonchev–Trinajstić information content (AvgIpc) is 2.45. The Hall–Kier alpha value is -1.59. The zero-order chi connectivity index (χ0) is 15.1. The summed E-state index contributed by atoms with van der Waals surface area (Å²) < 4.78 is 4.73. The molecule has 21 heavy (non-hydrogen) atoms. The van der Waals surface area contributed by atoms with Gasteiger partial charge in [0.1, 0.15) is 6.04 Å². The molecule has 118 valence electrons. The first-order chi connectivity index (χ1) is 9.45. The third-order valence-corrected chi connectivity index (χ3v) is 3.11. The lowest BCUT2D eigenvalue weighted by Crippen LogP contribution is -2.51. The first-order valence-corrected chi connectivity index (χ1v) is 6.63. The summed E-state index contributed by atoms with van der Waals surface area (Å²) in [5.74, 6) is -0.811. The van der Waals surface area contributed by atoms with Crippen LogP contribution in [0.2, 0.25) is 0 Å². The molecule has 0 aromatic heterocycles. The third-order valence-electron chi connectivity index (χ3n) is 3.11.